The third kappa shape index (κ3) is 1.70. The van der Waals surface area contributed by atoms with Crippen LogP contribution in [-0.4, -0.2) is 4.98 Å². The van der Waals surface area contributed by atoms with Gasteiger partial charge in [-0.2, -0.15) is 0 Å². The van der Waals surface area contributed by atoms with E-state index in [1.807, 2.05) is 31.2 Å². The Morgan fingerprint density at radius 3 is 2.64 bits per heavy atom. The Morgan fingerprint density at radius 2 is 1.93 bits per heavy atom. The highest BCUT2D eigenvalue weighted by atomic mass is 79.9. The zero-order valence-electron chi connectivity index (χ0n) is 7.79. The molecule has 0 N–H and O–H groups in total. The van der Waals surface area contributed by atoms with E-state index in [0.29, 0.717) is 0 Å². The topological polar surface area (TPSA) is 12.9 Å². The molecule has 0 spiro atoms. The molecular weight excluding hydrogens is 238 g/mol. The molecule has 0 atom stereocenters. The van der Waals surface area contributed by atoms with Gasteiger partial charge in [0.05, 0.1) is 6.20 Å². The first-order chi connectivity index (χ1) is 6.79. The molecule has 2 rings (SSSR count). The van der Waals surface area contributed by atoms with Crippen molar-refractivity contribution in [2.24, 2.45) is 0 Å². The van der Waals surface area contributed by atoms with Crippen molar-refractivity contribution in [1.82, 2.24) is 4.98 Å². The third-order valence-electron chi connectivity index (χ3n) is 2.12. The molecule has 1 heterocycles. The zero-order valence-corrected chi connectivity index (χ0v) is 9.38. The maximum Gasteiger partial charge on any atom is 0.0924 e. The van der Waals surface area contributed by atoms with E-state index in [0.717, 1.165) is 10.0 Å². The van der Waals surface area contributed by atoms with Crippen LogP contribution >= 0.6 is 15.9 Å². The number of benzene rings is 1. The second-order valence-corrected chi connectivity index (χ2v) is 3.93. The van der Waals surface area contributed by atoms with E-state index in [1.165, 1.54) is 11.1 Å². The van der Waals surface area contributed by atoms with Crippen molar-refractivity contribution in [2.75, 3.05) is 0 Å². The summed E-state index contributed by atoms with van der Waals surface area (Å²) in [4.78, 5) is 3.96. The highest BCUT2D eigenvalue weighted by Crippen LogP contribution is 2.29. The summed E-state index contributed by atoms with van der Waals surface area (Å²) in [5.41, 5.74) is 3.43. The molecule has 0 aliphatic heterocycles. The van der Waals surface area contributed by atoms with E-state index in [2.05, 4.69) is 33.2 Å². The maximum absolute atomic E-state index is 3.96. The molecule has 2 aromatic rings. The number of nitrogens with zero attached hydrogens (tertiary/aromatic N) is 1. The summed E-state index contributed by atoms with van der Waals surface area (Å²) in [7, 11) is 0. The second kappa shape index (κ2) is 3.93. The summed E-state index contributed by atoms with van der Waals surface area (Å²) >= 11 is 3.53. The van der Waals surface area contributed by atoms with Crippen LogP contribution in [0.2, 0.25) is 0 Å². The van der Waals surface area contributed by atoms with Crippen molar-refractivity contribution in [3.8, 4) is 11.1 Å². The highest BCUT2D eigenvalue weighted by molar-refractivity contribution is 9.10. The maximum atomic E-state index is 3.96. The first-order valence-corrected chi connectivity index (χ1v) is 5.16. The van der Waals surface area contributed by atoms with Gasteiger partial charge in [-0.05, 0) is 35.7 Å². The van der Waals surface area contributed by atoms with Crippen molar-refractivity contribution in [3.63, 3.8) is 0 Å². The minimum Gasteiger partial charge on any atom is -0.254 e. The molecule has 1 nitrogen and oxygen atoms in total. The average molecular weight is 247 g/mol. The predicted molar refractivity (Wildman–Crippen MR) is 60.9 cm³/mol. The van der Waals surface area contributed by atoms with Crippen LogP contribution in [0.3, 0.4) is 0 Å². The normalized spacial score (nSPS) is 10.1. The molecule has 0 amide bonds. The Morgan fingerprint density at radius 1 is 1.14 bits per heavy atom. The lowest BCUT2D eigenvalue weighted by molar-refractivity contribution is 1.25. The fourth-order valence-electron chi connectivity index (χ4n) is 1.40. The molecule has 0 saturated heterocycles. The number of hydrogen-bond acceptors (Lipinski definition) is 1. The molecule has 0 unspecified atom stereocenters. The van der Waals surface area contributed by atoms with Crippen LogP contribution < -0.4 is 0 Å². The van der Waals surface area contributed by atoms with Crippen molar-refractivity contribution < 1.29 is 0 Å². The molecule has 0 fully saturated rings. The van der Waals surface area contributed by atoms with Crippen LogP contribution in [-0.2, 0) is 0 Å². The van der Waals surface area contributed by atoms with E-state index in [-0.39, 0.29) is 0 Å². The first kappa shape index (κ1) is 9.41. The summed E-state index contributed by atoms with van der Waals surface area (Å²) in [6, 6.07) is 10.2. The van der Waals surface area contributed by atoms with Gasteiger partial charge < -0.3 is 0 Å². The van der Waals surface area contributed by atoms with E-state index >= 15 is 0 Å². The molecule has 0 bridgehead atoms. The van der Waals surface area contributed by atoms with Gasteiger partial charge in [0, 0.05) is 10.7 Å². The molecular formula is C12H9BrN. The van der Waals surface area contributed by atoms with E-state index in [9.17, 15) is 0 Å². The second-order valence-electron chi connectivity index (χ2n) is 3.08. The molecule has 1 radical (unpaired) electrons. The summed E-state index contributed by atoms with van der Waals surface area (Å²) < 4.78 is 1.10. The van der Waals surface area contributed by atoms with Gasteiger partial charge in [-0.1, -0.05) is 34.1 Å². The predicted octanol–water partition coefficient (Wildman–Crippen LogP) is 3.62. The van der Waals surface area contributed by atoms with Crippen LogP contribution in [0.1, 0.15) is 5.56 Å². The number of hydrogen-bond donors (Lipinski definition) is 0. The smallest absolute Gasteiger partial charge is 0.0924 e. The molecule has 2 heteroatoms. The van der Waals surface area contributed by atoms with E-state index in [4.69, 9.17) is 0 Å². The van der Waals surface area contributed by atoms with Crippen LogP contribution in [0.5, 0.6) is 0 Å². The average Bonchev–Trinajstić information content (AvgIpc) is 2.20. The van der Waals surface area contributed by atoms with E-state index < -0.39 is 0 Å². The van der Waals surface area contributed by atoms with Crippen LogP contribution in [0.15, 0.2) is 41.0 Å². The van der Waals surface area contributed by atoms with E-state index in [1.54, 1.807) is 6.20 Å². The number of pyridine rings is 1. The Kier molecular flexibility index (Phi) is 2.64. The lowest BCUT2D eigenvalue weighted by atomic mass is 10.0. The number of rotatable bonds is 1. The lowest BCUT2D eigenvalue weighted by Crippen LogP contribution is -1.85. The fourth-order valence-corrected chi connectivity index (χ4v) is 1.90. The number of halogens is 1. The Labute approximate surface area is 91.9 Å². The van der Waals surface area contributed by atoms with Crippen molar-refractivity contribution in [1.29, 1.82) is 0 Å². The van der Waals surface area contributed by atoms with Crippen molar-refractivity contribution in [2.45, 2.75) is 6.92 Å². The zero-order chi connectivity index (χ0) is 9.97. The number of aryl methyl sites for hydroxylation is 1. The van der Waals surface area contributed by atoms with Crippen LogP contribution in [0.4, 0.5) is 0 Å². The van der Waals surface area contributed by atoms with Gasteiger partial charge >= 0.3 is 0 Å². The highest BCUT2D eigenvalue weighted by Gasteiger charge is 2.04. The third-order valence-corrected chi connectivity index (χ3v) is 2.81. The van der Waals surface area contributed by atoms with Gasteiger partial charge in [-0.25, -0.2) is 0 Å². The Hall–Kier alpha value is -1.15. The molecule has 69 valence electrons. The van der Waals surface area contributed by atoms with Gasteiger partial charge in [-0.15, -0.1) is 0 Å². The standard InChI is InChI=1S/C12H9BrN/c1-9-8-14-7-6-10(9)11-4-2-3-5-12(11)13/h2-7H,1H3. The van der Waals surface area contributed by atoms with Crippen molar-refractivity contribution >= 4 is 15.9 Å². The molecule has 0 saturated carbocycles. The summed E-state index contributed by atoms with van der Waals surface area (Å²) in [5, 5.41) is 0. The SMILES string of the molecule is Cc1[c]nccc1-c1ccccc1Br. The van der Waals surface area contributed by atoms with Crippen molar-refractivity contribution in [3.05, 3.63) is 52.8 Å². The summed E-state index contributed by atoms with van der Waals surface area (Å²) in [6.07, 6.45) is 4.72. The van der Waals surface area contributed by atoms with Gasteiger partial charge in [0.25, 0.3) is 0 Å². The minimum atomic E-state index is 1.07. The summed E-state index contributed by atoms with van der Waals surface area (Å²) in [5.74, 6) is 0. The first-order valence-electron chi connectivity index (χ1n) is 4.37. The minimum absolute atomic E-state index is 1.07. The fraction of sp³-hybridized carbons (Fsp3) is 0.0833. The molecule has 0 aliphatic rings. The quantitative estimate of drug-likeness (QED) is 0.749. The molecule has 1 aromatic carbocycles. The van der Waals surface area contributed by atoms with Crippen LogP contribution in [0.25, 0.3) is 11.1 Å². The van der Waals surface area contributed by atoms with Gasteiger partial charge in [0.2, 0.25) is 0 Å². The largest absolute Gasteiger partial charge is 0.254 e. The Bertz CT molecular complexity index is 408. The number of aromatic nitrogens is 1. The van der Waals surface area contributed by atoms with Gasteiger partial charge in [0.15, 0.2) is 0 Å². The monoisotopic (exact) mass is 246 g/mol. The van der Waals surface area contributed by atoms with Crippen LogP contribution in [0, 0.1) is 13.1 Å². The Balaban J connectivity index is 2.61. The van der Waals surface area contributed by atoms with Gasteiger partial charge in [0.1, 0.15) is 0 Å². The summed E-state index contributed by atoms with van der Waals surface area (Å²) in [6.45, 7) is 2.02. The molecule has 1 aromatic heterocycles. The molecule has 14 heavy (non-hydrogen) atoms. The van der Waals surface area contributed by atoms with Gasteiger partial charge in [-0.3, -0.25) is 4.98 Å². The lowest BCUT2D eigenvalue weighted by Gasteiger charge is -2.06. The molecule has 0 aliphatic carbocycles.